The standard InChI is InChI=1S/C10H16O/c1-7-4-5-8(2)10(11)9(3)6-7/h4-6,8-11H,1-3H3/t8-,9+,10-/m0/s1. The number of allylic oxidation sites excluding steroid dienone is 2. The Morgan fingerprint density at radius 2 is 1.91 bits per heavy atom. The Morgan fingerprint density at radius 3 is 2.55 bits per heavy atom. The van der Waals surface area contributed by atoms with Gasteiger partial charge >= 0.3 is 0 Å². The summed E-state index contributed by atoms with van der Waals surface area (Å²) in [5.41, 5.74) is 1.25. The van der Waals surface area contributed by atoms with Gasteiger partial charge in [-0.05, 0) is 6.92 Å². The molecule has 0 saturated heterocycles. The third kappa shape index (κ3) is 1.93. The fourth-order valence-electron chi connectivity index (χ4n) is 1.47. The van der Waals surface area contributed by atoms with E-state index >= 15 is 0 Å². The Labute approximate surface area is 68.4 Å². The Kier molecular flexibility index (Phi) is 2.50. The zero-order chi connectivity index (χ0) is 8.43. The summed E-state index contributed by atoms with van der Waals surface area (Å²) < 4.78 is 0. The summed E-state index contributed by atoms with van der Waals surface area (Å²) in [7, 11) is 0. The van der Waals surface area contributed by atoms with E-state index in [9.17, 15) is 5.11 Å². The number of hydrogen-bond acceptors (Lipinski definition) is 1. The van der Waals surface area contributed by atoms with Gasteiger partial charge < -0.3 is 5.11 Å². The number of hydrogen-bond donors (Lipinski definition) is 1. The zero-order valence-corrected chi connectivity index (χ0v) is 7.41. The first-order valence-corrected chi connectivity index (χ1v) is 4.16. The molecule has 0 fully saturated rings. The van der Waals surface area contributed by atoms with E-state index < -0.39 is 0 Å². The highest BCUT2D eigenvalue weighted by molar-refractivity contribution is 5.21. The van der Waals surface area contributed by atoms with Gasteiger partial charge in [0.15, 0.2) is 0 Å². The molecule has 1 aliphatic carbocycles. The monoisotopic (exact) mass is 152 g/mol. The largest absolute Gasteiger partial charge is 0.392 e. The molecular formula is C10H16O. The van der Waals surface area contributed by atoms with Crippen LogP contribution in [0.25, 0.3) is 0 Å². The summed E-state index contributed by atoms with van der Waals surface area (Å²) in [6, 6.07) is 0. The van der Waals surface area contributed by atoms with E-state index in [-0.39, 0.29) is 17.9 Å². The average molecular weight is 152 g/mol. The molecule has 3 atom stereocenters. The molecule has 1 N–H and O–H groups in total. The molecule has 0 aromatic carbocycles. The molecule has 0 spiro atoms. The first kappa shape index (κ1) is 8.54. The normalized spacial score (nSPS) is 38.2. The molecule has 1 rings (SSSR count). The van der Waals surface area contributed by atoms with Crippen LogP contribution in [-0.2, 0) is 0 Å². The minimum absolute atomic E-state index is 0.219. The number of rotatable bonds is 0. The lowest BCUT2D eigenvalue weighted by atomic mass is 9.95. The Balaban J connectivity index is 2.81. The van der Waals surface area contributed by atoms with Crippen LogP contribution in [0.2, 0.25) is 0 Å². The predicted molar refractivity (Wildman–Crippen MR) is 47.2 cm³/mol. The second kappa shape index (κ2) is 3.22. The van der Waals surface area contributed by atoms with Gasteiger partial charge in [-0.15, -0.1) is 0 Å². The molecule has 0 aromatic rings. The van der Waals surface area contributed by atoms with Crippen molar-refractivity contribution < 1.29 is 5.11 Å². The minimum atomic E-state index is -0.219. The molecular weight excluding hydrogens is 136 g/mol. The molecule has 0 heterocycles. The summed E-state index contributed by atoms with van der Waals surface area (Å²) in [5, 5.41) is 9.65. The van der Waals surface area contributed by atoms with Gasteiger partial charge in [0.1, 0.15) is 0 Å². The quantitative estimate of drug-likeness (QED) is 0.564. The lowest BCUT2D eigenvalue weighted by Crippen LogP contribution is -2.22. The molecule has 0 saturated carbocycles. The van der Waals surface area contributed by atoms with Gasteiger partial charge in [-0.25, -0.2) is 0 Å². The van der Waals surface area contributed by atoms with E-state index in [4.69, 9.17) is 0 Å². The maximum atomic E-state index is 9.65. The first-order chi connectivity index (χ1) is 5.11. The summed E-state index contributed by atoms with van der Waals surface area (Å²) >= 11 is 0. The smallest absolute Gasteiger partial charge is 0.0660 e. The van der Waals surface area contributed by atoms with Gasteiger partial charge in [0, 0.05) is 11.8 Å². The fourth-order valence-corrected chi connectivity index (χ4v) is 1.47. The van der Waals surface area contributed by atoms with E-state index in [1.54, 1.807) is 0 Å². The van der Waals surface area contributed by atoms with Crippen LogP contribution in [-0.4, -0.2) is 11.2 Å². The van der Waals surface area contributed by atoms with Crippen LogP contribution in [0.15, 0.2) is 23.8 Å². The molecule has 1 heteroatoms. The molecule has 0 radical (unpaired) electrons. The first-order valence-electron chi connectivity index (χ1n) is 4.16. The number of aliphatic hydroxyl groups is 1. The molecule has 0 bridgehead atoms. The fraction of sp³-hybridized carbons (Fsp3) is 0.600. The Bertz CT molecular complexity index is 191. The van der Waals surface area contributed by atoms with Crippen molar-refractivity contribution in [2.24, 2.45) is 11.8 Å². The van der Waals surface area contributed by atoms with Crippen molar-refractivity contribution in [2.75, 3.05) is 0 Å². The van der Waals surface area contributed by atoms with Crippen LogP contribution in [0.5, 0.6) is 0 Å². The van der Waals surface area contributed by atoms with Crippen molar-refractivity contribution in [3.63, 3.8) is 0 Å². The lowest BCUT2D eigenvalue weighted by Gasteiger charge is -2.18. The van der Waals surface area contributed by atoms with E-state index in [1.165, 1.54) is 5.57 Å². The van der Waals surface area contributed by atoms with Gasteiger partial charge in [0.05, 0.1) is 6.10 Å². The molecule has 62 valence electrons. The maximum absolute atomic E-state index is 9.65. The van der Waals surface area contributed by atoms with Gasteiger partial charge in [-0.2, -0.15) is 0 Å². The van der Waals surface area contributed by atoms with Crippen LogP contribution in [0.4, 0.5) is 0 Å². The highest BCUT2D eigenvalue weighted by atomic mass is 16.3. The van der Waals surface area contributed by atoms with Crippen LogP contribution in [0, 0.1) is 11.8 Å². The Morgan fingerprint density at radius 1 is 1.27 bits per heavy atom. The van der Waals surface area contributed by atoms with Crippen molar-refractivity contribution in [3.8, 4) is 0 Å². The van der Waals surface area contributed by atoms with Crippen molar-refractivity contribution in [1.82, 2.24) is 0 Å². The zero-order valence-electron chi connectivity index (χ0n) is 7.41. The van der Waals surface area contributed by atoms with Crippen LogP contribution >= 0.6 is 0 Å². The molecule has 0 unspecified atom stereocenters. The summed E-state index contributed by atoms with van der Waals surface area (Å²) in [6.45, 7) is 6.17. The SMILES string of the molecule is CC1=C[C@@H](C)[C@@H](O)[C@@H](C)C=C1. The van der Waals surface area contributed by atoms with Gasteiger partial charge in [0.25, 0.3) is 0 Å². The third-order valence-corrected chi connectivity index (χ3v) is 2.27. The van der Waals surface area contributed by atoms with E-state index in [0.29, 0.717) is 0 Å². The predicted octanol–water partition coefficient (Wildman–Crippen LogP) is 2.14. The van der Waals surface area contributed by atoms with Gasteiger partial charge in [-0.1, -0.05) is 37.6 Å². The summed E-state index contributed by atoms with van der Waals surface area (Å²) in [5.74, 6) is 0.554. The maximum Gasteiger partial charge on any atom is 0.0660 e. The minimum Gasteiger partial charge on any atom is -0.392 e. The van der Waals surface area contributed by atoms with Crippen LogP contribution in [0.1, 0.15) is 20.8 Å². The van der Waals surface area contributed by atoms with Gasteiger partial charge in [-0.3, -0.25) is 0 Å². The van der Waals surface area contributed by atoms with Crippen LogP contribution < -0.4 is 0 Å². The van der Waals surface area contributed by atoms with E-state index in [0.717, 1.165) is 0 Å². The Hall–Kier alpha value is -0.560. The highest BCUT2D eigenvalue weighted by Gasteiger charge is 2.18. The van der Waals surface area contributed by atoms with Crippen molar-refractivity contribution in [1.29, 1.82) is 0 Å². The highest BCUT2D eigenvalue weighted by Crippen LogP contribution is 2.21. The van der Waals surface area contributed by atoms with Gasteiger partial charge in [0.2, 0.25) is 0 Å². The van der Waals surface area contributed by atoms with Crippen molar-refractivity contribution >= 4 is 0 Å². The molecule has 1 aliphatic rings. The average Bonchev–Trinajstić information content (AvgIpc) is 2.05. The van der Waals surface area contributed by atoms with Crippen molar-refractivity contribution in [3.05, 3.63) is 23.8 Å². The second-order valence-electron chi connectivity index (χ2n) is 3.48. The van der Waals surface area contributed by atoms with Crippen LogP contribution in [0.3, 0.4) is 0 Å². The molecule has 0 aliphatic heterocycles. The number of aliphatic hydroxyl groups excluding tert-OH is 1. The molecule has 0 aromatic heterocycles. The summed E-state index contributed by atoms with van der Waals surface area (Å²) in [4.78, 5) is 0. The van der Waals surface area contributed by atoms with E-state index in [1.807, 2.05) is 6.92 Å². The van der Waals surface area contributed by atoms with Crippen molar-refractivity contribution in [2.45, 2.75) is 26.9 Å². The topological polar surface area (TPSA) is 20.2 Å². The molecule has 11 heavy (non-hydrogen) atoms. The summed E-state index contributed by atoms with van der Waals surface area (Å²) in [6.07, 6.45) is 6.05. The second-order valence-corrected chi connectivity index (χ2v) is 3.48. The third-order valence-electron chi connectivity index (χ3n) is 2.27. The molecule has 1 nitrogen and oxygen atoms in total. The van der Waals surface area contributed by atoms with E-state index in [2.05, 4.69) is 32.1 Å². The lowest BCUT2D eigenvalue weighted by molar-refractivity contribution is 0.103. The molecule has 0 amide bonds.